The average Bonchev–Trinajstić information content (AvgIpc) is 2.53. The predicted molar refractivity (Wildman–Crippen MR) is 77.3 cm³/mol. The highest BCUT2D eigenvalue weighted by Gasteiger charge is 2.15. The second-order valence-electron chi connectivity index (χ2n) is 4.45. The minimum absolute atomic E-state index is 0.164. The molecule has 1 N–H and O–H groups in total. The molecule has 0 aliphatic carbocycles. The lowest BCUT2D eigenvalue weighted by Crippen LogP contribution is -2.05. The van der Waals surface area contributed by atoms with Crippen molar-refractivity contribution in [2.75, 3.05) is 0 Å². The summed E-state index contributed by atoms with van der Waals surface area (Å²) in [5, 5.41) is 11.0. The summed E-state index contributed by atoms with van der Waals surface area (Å²) in [5.74, 6) is -0.687. The molecular formula is C16H12N2O3. The first-order valence-electron chi connectivity index (χ1n) is 6.38. The predicted octanol–water partition coefficient (Wildman–Crippen LogP) is 2.91. The van der Waals surface area contributed by atoms with Gasteiger partial charge in [0.2, 0.25) is 0 Å². The summed E-state index contributed by atoms with van der Waals surface area (Å²) in [5.41, 5.74) is 0.805. The molecule has 3 aromatic rings. The van der Waals surface area contributed by atoms with Crippen molar-refractivity contribution in [3.05, 3.63) is 66.2 Å². The second-order valence-corrected chi connectivity index (χ2v) is 4.45. The zero-order valence-electron chi connectivity index (χ0n) is 11.1. The van der Waals surface area contributed by atoms with Crippen LogP contribution in [-0.4, -0.2) is 21.0 Å². The number of carbonyl (C=O) groups is 1. The number of aromatic carboxylic acids is 1. The van der Waals surface area contributed by atoms with Crippen LogP contribution in [0.25, 0.3) is 10.8 Å². The van der Waals surface area contributed by atoms with E-state index in [0.29, 0.717) is 16.8 Å². The standard InChI is InChI=1S/C16H12N2O3/c19-16(20)15-13-4-2-1-3-11(13)5-6-14(15)21-10-12-9-17-7-8-18-12/h1-9H,10H2,(H,19,20). The number of rotatable bonds is 4. The third-order valence-electron chi connectivity index (χ3n) is 3.10. The van der Waals surface area contributed by atoms with Crippen molar-refractivity contribution >= 4 is 16.7 Å². The summed E-state index contributed by atoms with van der Waals surface area (Å²) in [4.78, 5) is 19.6. The van der Waals surface area contributed by atoms with Gasteiger partial charge in [-0.05, 0) is 16.8 Å². The molecule has 0 radical (unpaired) electrons. The van der Waals surface area contributed by atoms with E-state index >= 15 is 0 Å². The molecule has 5 heteroatoms. The molecule has 0 saturated carbocycles. The summed E-state index contributed by atoms with van der Waals surface area (Å²) in [6, 6.07) is 10.8. The molecule has 3 rings (SSSR count). The molecule has 104 valence electrons. The van der Waals surface area contributed by atoms with Gasteiger partial charge in [-0.1, -0.05) is 30.3 Å². The maximum Gasteiger partial charge on any atom is 0.340 e. The largest absolute Gasteiger partial charge is 0.486 e. The minimum atomic E-state index is -1.01. The maximum atomic E-state index is 11.5. The van der Waals surface area contributed by atoms with E-state index in [-0.39, 0.29) is 12.2 Å². The van der Waals surface area contributed by atoms with E-state index in [1.165, 1.54) is 0 Å². The number of fused-ring (bicyclic) bond motifs is 1. The van der Waals surface area contributed by atoms with Crippen LogP contribution in [0.2, 0.25) is 0 Å². The van der Waals surface area contributed by atoms with Gasteiger partial charge in [-0.2, -0.15) is 0 Å². The van der Waals surface area contributed by atoms with Gasteiger partial charge < -0.3 is 9.84 Å². The van der Waals surface area contributed by atoms with Crippen LogP contribution in [0.4, 0.5) is 0 Å². The van der Waals surface area contributed by atoms with Crippen LogP contribution in [0, 0.1) is 0 Å². The van der Waals surface area contributed by atoms with Crippen molar-refractivity contribution in [2.24, 2.45) is 0 Å². The summed E-state index contributed by atoms with van der Waals surface area (Å²) in [6.45, 7) is 0.173. The van der Waals surface area contributed by atoms with Crippen LogP contribution in [0.3, 0.4) is 0 Å². The summed E-state index contributed by atoms with van der Waals surface area (Å²) in [7, 11) is 0. The molecule has 2 aromatic carbocycles. The van der Waals surface area contributed by atoms with E-state index in [4.69, 9.17) is 4.74 Å². The highest BCUT2D eigenvalue weighted by Crippen LogP contribution is 2.28. The van der Waals surface area contributed by atoms with Gasteiger partial charge in [0, 0.05) is 12.4 Å². The molecule has 0 saturated heterocycles. The first kappa shape index (κ1) is 13.1. The Bertz CT molecular complexity index is 788. The highest BCUT2D eigenvalue weighted by molar-refractivity contribution is 6.06. The van der Waals surface area contributed by atoms with Gasteiger partial charge in [0.1, 0.15) is 17.9 Å². The lowest BCUT2D eigenvalue weighted by molar-refractivity contribution is 0.0694. The van der Waals surface area contributed by atoms with Crippen LogP contribution < -0.4 is 4.74 Å². The van der Waals surface area contributed by atoms with Gasteiger partial charge >= 0.3 is 5.97 Å². The first-order valence-corrected chi connectivity index (χ1v) is 6.38. The van der Waals surface area contributed by atoms with E-state index in [0.717, 1.165) is 5.39 Å². The molecule has 0 spiro atoms. The van der Waals surface area contributed by atoms with E-state index in [1.807, 2.05) is 18.2 Å². The maximum absolute atomic E-state index is 11.5. The molecule has 0 aliphatic rings. The van der Waals surface area contributed by atoms with Crippen molar-refractivity contribution in [1.29, 1.82) is 0 Å². The number of aromatic nitrogens is 2. The van der Waals surface area contributed by atoms with Crippen molar-refractivity contribution in [2.45, 2.75) is 6.61 Å². The first-order chi connectivity index (χ1) is 10.3. The lowest BCUT2D eigenvalue weighted by Gasteiger charge is -2.11. The van der Waals surface area contributed by atoms with Gasteiger partial charge in [-0.15, -0.1) is 0 Å². The zero-order chi connectivity index (χ0) is 14.7. The van der Waals surface area contributed by atoms with Crippen molar-refractivity contribution in [1.82, 2.24) is 9.97 Å². The van der Waals surface area contributed by atoms with Crippen molar-refractivity contribution in [3.8, 4) is 5.75 Å². The molecule has 5 nitrogen and oxygen atoms in total. The van der Waals surface area contributed by atoms with Gasteiger partial charge in [-0.25, -0.2) is 4.79 Å². The summed E-state index contributed by atoms with van der Waals surface area (Å²) >= 11 is 0. The molecule has 0 unspecified atom stereocenters. The van der Waals surface area contributed by atoms with Crippen LogP contribution in [0.15, 0.2) is 55.0 Å². The number of carboxylic acids is 1. The Morgan fingerprint density at radius 3 is 2.76 bits per heavy atom. The molecule has 0 amide bonds. The molecule has 0 atom stereocenters. The van der Waals surface area contributed by atoms with Crippen molar-refractivity contribution < 1.29 is 14.6 Å². The van der Waals surface area contributed by atoms with Gasteiger partial charge in [0.05, 0.1) is 11.9 Å². The third-order valence-corrected chi connectivity index (χ3v) is 3.10. The quantitative estimate of drug-likeness (QED) is 0.795. The van der Waals surface area contributed by atoms with Crippen molar-refractivity contribution in [3.63, 3.8) is 0 Å². The Hall–Kier alpha value is -2.95. The number of hydrogen-bond acceptors (Lipinski definition) is 4. The Kier molecular flexibility index (Phi) is 3.47. The molecule has 1 aromatic heterocycles. The van der Waals surface area contributed by atoms with E-state index < -0.39 is 5.97 Å². The van der Waals surface area contributed by atoms with E-state index in [2.05, 4.69) is 9.97 Å². The average molecular weight is 280 g/mol. The SMILES string of the molecule is O=C(O)c1c(OCc2cnccn2)ccc2ccccc12. The molecule has 21 heavy (non-hydrogen) atoms. The number of hydrogen-bond donors (Lipinski definition) is 1. The third kappa shape index (κ3) is 2.67. The van der Waals surface area contributed by atoms with Crippen LogP contribution >= 0.6 is 0 Å². The molecule has 1 heterocycles. The van der Waals surface area contributed by atoms with E-state index in [9.17, 15) is 9.90 Å². The smallest absolute Gasteiger partial charge is 0.340 e. The number of benzene rings is 2. The molecule has 0 bridgehead atoms. The Balaban J connectivity index is 1.98. The Labute approximate surface area is 120 Å². The molecule has 0 fully saturated rings. The van der Waals surface area contributed by atoms with Gasteiger partial charge in [0.15, 0.2) is 0 Å². The fourth-order valence-corrected chi connectivity index (χ4v) is 2.15. The molecular weight excluding hydrogens is 268 g/mol. The Morgan fingerprint density at radius 1 is 1.14 bits per heavy atom. The number of carboxylic acid groups (broad SMARTS) is 1. The summed E-state index contributed by atoms with van der Waals surface area (Å²) < 4.78 is 5.61. The molecule has 0 aliphatic heterocycles. The normalized spacial score (nSPS) is 10.5. The van der Waals surface area contributed by atoms with Crippen LogP contribution in [0.5, 0.6) is 5.75 Å². The highest BCUT2D eigenvalue weighted by atomic mass is 16.5. The van der Waals surface area contributed by atoms with E-state index in [1.54, 1.807) is 36.8 Å². The monoisotopic (exact) mass is 280 g/mol. The Morgan fingerprint density at radius 2 is 2.00 bits per heavy atom. The van der Waals surface area contributed by atoms with Crippen LogP contribution in [-0.2, 0) is 6.61 Å². The topological polar surface area (TPSA) is 72.3 Å². The fourth-order valence-electron chi connectivity index (χ4n) is 2.15. The van der Waals surface area contributed by atoms with Gasteiger partial charge in [0.25, 0.3) is 0 Å². The number of nitrogens with zero attached hydrogens (tertiary/aromatic N) is 2. The lowest BCUT2D eigenvalue weighted by atomic mass is 10.0. The second kappa shape index (κ2) is 5.58. The minimum Gasteiger partial charge on any atom is -0.486 e. The van der Waals surface area contributed by atoms with Crippen LogP contribution in [0.1, 0.15) is 16.1 Å². The van der Waals surface area contributed by atoms with Gasteiger partial charge in [-0.3, -0.25) is 9.97 Å². The summed E-state index contributed by atoms with van der Waals surface area (Å²) in [6.07, 6.45) is 4.72. The number of ether oxygens (including phenoxy) is 1. The fraction of sp³-hybridized carbons (Fsp3) is 0.0625. The zero-order valence-corrected chi connectivity index (χ0v) is 11.1.